The van der Waals surface area contributed by atoms with E-state index in [0.29, 0.717) is 5.41 Å². The average molecular weight is 307 g/mol. The number of fused-ring (bicyclic) bond motifs is 2. The van der Waals surface area contributed by atoms with E-state index in [-0.39, 0.29) is 0 Å². The van der Waals surface area contributed by atoms with E-state index in [4.69, 9.17) is 0 Å². The second kappa shape index (κ2) is 7.66. The maximum Gasteiger partial charge on any atom is 0.00793 e. The Kier molecular flexibility index (Phi) is 5.84. The van der Waals surface area contributed by atoms with Crippen molar-refractivity contribution in [2.45, 2.75) is 84.1 Å². The van der Waals surface area contributed by atoms with Gasteiger partial charge in [0.15, 0.2) is 0 Å². The summed E-state index contributed by atoms with van der Waals surface area (Å²) in [5, 5.41) is 7.55. The third kappa shape index (κ3) is 3.87. The monoisotopic (exact) mass is 306 g/mol. The molecule has 1 unspecified atom stereocenters. The first-order valence-corrected chi connectivity index (χ1v) is 10.1. The zero-order chi connectivity index (χ0) is 15.4. The van der Waals surface area contributed by atoms with Gasteiger partial charge < -0.3 is 10.6 Å². The van der Waals surface area contributed by atoms with E-state index in [1.54, 1.807) is 0 Å². The molecule has 2 heteroatoms. The van der Waals surface area contributed by atoms with E-state index in [1.807, 2.05) is 0 Å². The zero-order valence-electron chi connectivity index (χ0n) is 15.0. The van der Waals surface area contributed by atoms with E-state index >= 15 is 0 Å². The summed E-state index contributed by atoms with van der Waals surface area (Å²) in [6.45, 7) is 8.59. The van der Waals surface area contributed by atoms with Crippen LogP contribution in [0.1, 0.15) is 78.1 Å². The smallest absolute Gasteiger partial charge is 0.00793 e. The van der Waals surface area contributed by atoms with E-state index < -0.39 is 0 Å². The first kappa shape index (κ1) is 16.8. The van der Waals surface area contributed by atoms with Crippen LogP contribution in [0.2, 0.25) is 0 Å². The van der Waals surface area contributed by atoms with Gasteiger partial charge in [-0.3, -0.25) is 0 Å². The maximum absolute atomic E-state index is 3.80. The van der Waals surface area contributed by atoms with Crippen LogP contribution < -0.4 is 10.6 Å². The van der Waals surface area contributed by atoms with E-state index in [0.717, 1.165) is 36.9 Å². The molecular formula is C20H38N2. The molecule has 0 amide bonds. The van der Waals surface area contributed by atoms with Crippen molar-refractivity contribution in [2.24, 2.45) is 23.2 Å². The van der Waals surface area contributed by atoms with Crippen molar-refractivity contribution in [3.05, 3.63) is 0 Å². The van der Waals surface area contributed by atoms with Crippen molar-refractivity contribution < 1.29 is 0 Å². The molecule has 2 N–H and O–H groups in total. The summed E-state index contributed by atoms with van der Waals surface area (Å²) in [6.07, 6.45) is 14.5. The van der Waals surface area contributed by atoms with Crippen molar-refractivity contribution in [2.75, 3.05) is 19.6 Å². The molecule has 4 aliphatic carbocycles. The summed E-state index contributed by atoms with van der Waals surface area (Å²) >= 11 is 0. The van der Waals surface area contributed by atoms with Gasteiger partial charge >= 0.3 is 0 Å². The molecule has 0 heterocycles. The van der Waals surface area contributed by atoms with Crippen LogP contribution in [-0.4, -0.2) is 25.7 Å². The third-order valence-corrected chi connectivity index (χ3v) is 7.25. The van der Waals surface area contributed by atoms with Crippen molar-refractivity contribution in [1.29, 1.82) is 0 Å². The molecule has 4 rings (SSSR count). The molecule has 4 saturated carbocycles. The standard InChI is InChI=1S/C20H38N2/c1-20(2)17-11-10-16(19(20)14-17)15-21-12-13-22-18-8-6-4-3-5-7-9-18/h16-19,21-22H,3-15H2,1-2H3/t16-,17?,19-/m0/s1. The Hall–Kier alpha value is -0.0800. The topological polar surface area (TPSA) is 24.1 Å². The van der Waals surface area contributed by atoms with Crippen molar-refractivity contribution >= 4 is 0 Å². The van der Waals surface area contributed by atoms with E-state index in [2.05, 4.69) is 24.5 Å². The molecule has 0 aromatic heterocycles. The zero-order valence-corrected chi connectivity index (χ0v) is 15.0. The van der Waals surface area contributed by atoms with Gasteiger partial charge in [-0.25, -0.2) is 0 Å². The van der Waals surface area contributed by atoms with Crippen molar-refractivity contribution in [1.82, 2.24) is 10.6 Å². The quantitative estimate of drug-likeness (QED) is 0.713. The molecule has 0 spiro atoms. The molecule has 0 aromatic carbocycles. The SMILES string of the molecule is CC1(C)C2CC[C@@H](CNCCNC3CCCCCCC3)[C@@H]1C2. The van der Waals surface area contributed by atoms with Gasteiger partial charge in [-0.1, -0.05) is 46.0 Å². The van der Waals surface area contributed by atoms with Gasteiger partial charge in [0.1, 0.15) is 0 Å². The van der Waals surface area contributed by atoms with Gasteiger partial charge in [-0.2, -0.15) is 0 Å². The minimum Gasteiger partial charge on any atom is -0.315 e. The molecule has 0 radical (unpaired) electrons. The molecule has 0 aromatic rings. The lowest BCUT2D eigenvalue weighted by Crippen LogP contribution is -2.54. The van der Waals surface area contributed by atoms with Crippen LogP contribution in [0.5, 0.6) is 0 Å². The summed E-state index contributed by atoms with van der Waals surface area (Å²) in [4.78, 5) is 0. The predicted octanol–water partition coefficient (Wildman–Crippen LogP) is 4.35. The summed E-state index contributed by atoms with van der Waals surface area (Å²) in [6, 6.07) is 0.795. The summed E-state index contributed by atoms with van der Waals surface area (Å²) < 4.78 is 0. The minimum atomic E-state index is 0.641. The van der Waals surface area contributed by atoms with Crippen molar-refractivity contribution in [3.63, 3.8) is 0 Å². The Morgan fingerprint density at radius 1 is 0.864 bits per heavy atom. The Morgan fingerprint density at radius 2 is 1.59 bits per heavy atom. The minimum absolute atomic E-state index is 0.641. The van der Waals surface area contributed by atoms with Gasteiger partial charge in [0, 0.05) is 19.1 Å². The van der Waals surface area contributed by atoms with E-state index in [1.165, 1.54) is 70.8 Å². The lowest BCUT2D eigenvalue weighted by molar-refractivity contribution is -0.103. The van der Waals surface area contributed by atoms with Crippen LogP contribution in [0.15, 0.2) is 0 Å². The normalized spacial score (nSPS) is 35.5. The average Bonchev–Trinajstić information content (AvgIpc) is 2.48. The lowest BCUT2D eigenvalue weighted by Gasteiger charge is -2.60. The fourth-order valence-corrected chi connectivity index (χ4v) is 5.52. The van der Waals surface area contributed by atoms with Crippen molar-refractivity contribution in [3.8, 4) is 0 Å². The highest BCUT2D eigenvalue weighted by Gasteiger charge is 2.53. The molecule has 2 bridgehead atoms. The summed E-state index contributed by atoms with van der Waals surface area (Å²) in [7, 11) is 0. The summed E-state index contributed by atoms with van der Waals surface area (Å²) in [5.41, 5.74) is 0.641. The Balaban J connectivity index is 1.27. The largest absolute Gasteiger partial charge is 0.315 e. The summed E-state index contributed by atoms with van der Waals surface area (Å²) in [5.74, 6) is 2.98. The first-order chi connectivity index (χ1) is 10.7. The maximum atomic E-state index is 3.80. The highest BCUT2D eigenvalue weighted by Crippen LogP contribution is 2.61. The second-order valence-electron chi connectivity index (χ2n) is 8.90. The lowest BCUT2D eigenvalue weighted by atomic mass is 9.45. The van der Waals surface area contributed by atoms with Gasteiger partial charge in [0.05, 0.1) is 0 Å². The molecule has 22 heavy (non-hydrogen) atoms. The van der Waals surface area contributed by atoms with Gasteiger partial charge in [-0.05, 0) is 61.8 Å². The molecule has 4 fully saturated rings. The van der Waals surface area contributed by atoms with Crippen LogP contribution in [0, 0.1) is 23.2 Å². The number of rotatable bonds is 6. The fourth-order valence-electron chi connectivity index (χ4n) is 5.52. The fraction of sp³-hybridized carbons (Fsp3) is 1.00. The van der Waals surface area contributed by atoms with E-state index in [9.17, 15) is 0 Å². The Bertz CT molecular complexity index is 329. The Labute approximate surface area is 138 Å². The van der Waals surface area contributed by atoms with Gasteiger partial charge in [-0.15, -0.1) is 0 Å². The van der Waals surface area contributed by atoms with Crippen LogP contribution in [0.3, 0.4) is 0 Å². The molecule has 3 atom stereocenters. The van der Waals surface area contributed by atoms with Gasteiger partial charge in [0.25, 0.3) is 0 Å². The molecule has 2 nitrogen and oxygen atoms in total. The second-order valence-corrected chi connectivity index (χ2v) is 8.90. The highest BCUT2D eigenvalue weighted by atomic mass is 15.0. The van der Waals surface area contributed by atoms with Crippen LogP contribution >= 0.6 is 0 Å². The van der Waals surface area contributed by atoms with Crippen LogP contribution in [0.25, 0.3) is 0 Å². The van der Waals surface area contributed by atoms with Crippen LogP contribution in [-0.2, 0) is 0 Å². The number of hydrogen-bond donors (Lipinski definition) is 2. The molecule has 0 saturated heterocycles. The number of hydrogen-bond acceptors (Lipinski definition) is 2. The highest BCUT2D eigenvalue weighted by molar-refractivity contribution is 5.03. The third-order valence-electron chi connectivity index (χ3n) is 7.25. The molecule has 4 aliphatic rings. The predicted molar refractivity (Wildman–Crippen MR) is 95.1 cm³/mol. The van der Waals surface area contributed by atoms with Crippen LogP contribution in [0.4, 0.5) is 0 Å². The molecule has 128 valence electrons. The Morgan fingerprint density at radius 3 is 2.27 bits per heavy atom. The first-order valence-electron chi connectivity index (χ1n) is 10.1. The molecule has 0 aliphatic heterocycles. The van der Waals surface area contributed by atoms with Gasteiger partial charge in [0.2, 0.25) is 0 Å². The number of nitrogens with one attached hydrogen (secondary N) is 2. The molecular weight excluding hydrogens is 268 g/mol.